The maximum Gasteiger partial charge on any atom is 0.105 e. The number of carbonyl (C=O) groups excluding carboxylic acids is 2. The van der Waals surface area contributed by atoms with Crippen molar-refractivity contribution >= 4 is 11.6 Å². The van der Waals surface area contributed by atoms with E-state index in [1.165, 1.54) is 0 Å². The van der Waals surface area contributed by atoms with Gasteiger partial charge in [0, 0.05) is 17.1 Å². The third kappa shape index (κ3) is 4.82. The van der Waals surface area contributed by atoms with Crippen molar-refractivity contribution in [3.63, 3.8) is 0 Å². The molecule has 0 aliphatic carbocycles. The summed E-state index contributed by atoms with van der Waals surface area (Å²) in [6, 6.07) is 13.0. The number of carbonyl (C=O) groups is 2. The van der Waals surface area contributed by atoms with E-state index in [1.54, 1.807) is 13.8 Å². The van der Waals surface area contributed by atoms with Crippen molar-refractivity contribution in [2.75, 3.05) is 0 Å². The summed E-state index contributed by atoms with van der Waals surface area (Å²) in [7, 11) is 0. The molecule has 0 saturated carbocycles. The predicted molar refractivity (Wildman–Crippen MR) is 68.8 cm³/mol. The van der Waals surface area contributed by atoms with E-state index in [0.29, 0.717) is 0 Å². The zero-order valence-electron chi connectivity index (χ0n) is 10.7. The number of hydrogen-bond donors (Lipinski definition) is 0. The van der Waals surface area contributed by atoms with Crippen molar-refractivity contribution < 1.29 is 26.7 Å². The number of aryl methyl sites for hydroxylation is 1. The smallest absolute Gasteiger partial charge is 0.105 e. The molecule has 2 nitrogen and oxygen atoms in total. The monoisotopic (exact) mass is 284 g/mol. The molecule has 2 aromatic rings. The molecule has 0 heterocycles. The van der Waals surface area contributed by atoms with Gasteiger partial charge in [-0.05, 0) is 6.92 Å². The van der Waals surface area contributed by atoms with E-state index in [9.17, 15) is 9.59 Å². The molecule has 0 bridgehead atoms. The Morgan fingerprint density at radius 1 is 1.00 bits per heavy atom. The average Bonchev–Trinajstić information content (AvgIpc) is 2.87. The van der Waals surface area contributed by atoms with E-state index in [1.807, 2.05) is 49.4 Å². The maximum atomic E-state index is 10.7. The fourth-order valence-corrected chi connectivity index (χ4v) is 1.51. The van der Waals surface area contributed by atoms with Gasteiger partial charge < -0.3 is 38.9 Å². The molecule has 0 unspecified atom stereocenters. The summed E-state index contributed by atoms with van der Waals surface area (Å²) in [6.07, 6.45) is 0. The molecule has 3 heteroatoms. The van der Waals surface area contributed by atoms with Gasteiger partial charge in [-0.25, -0.2) is 12.1 Å². The minimum Gasteiger partial charge on any atom is -0.716 e. The molecule has 0 aliphatic heterocycles. The summed E-state index contributed by atoms with van der Waals surface area (Å²) in [5, 5.41) is 0. The first kappa shape index (κ1) is 16.6. The first-order valence-electron chi connectivity index (χ1n) is 5.48. The van der Waals surface area contributed by atoms with Crippen LogP contribution in [-0.2, 0) is 17.1 Å². The molecule has 2 aromatic carbocycles. The molecule has 0 fully saturated rings. The van der Waals surface area contributed by atoms with Crippen LogP contribution in [0.1, 0.15) is 40.1 Å². The number of hydrogen-bond acceptors (Lipinski definition) is 2. The van der Waals surface area contributed by atoms with Gasteiger partial charge in [-0.3, -0.25) is 5.78 Å². The molecule has 0 aliphatic rings. The molecule has 0 atom stereocenters. The van der Waals surface area contributed by atoms with Gasteiger partial charge >= 0.3 is 0 Å². The Hall–Kier alpha value is -1.44. The number of Topliss-reactive ketones (excluding diaryl/α,β-unsaturated/α-hetero) is 2. The van der Waals surface area contributed by atoms with Crippen LogP contribution in [0.3, 0.4) is 0 Å². The minimum absolute atomic E-state index is 0. The van der Waals surface area contributed by atoms with Gasteiger partial charge in [0.05, 0.1) is 0 Å². The van der Waals surface area contributed by atoms with E-state index < -0.39 is 0 Å². The van der Waals surface area contributed by atoms with Gasteiger partial charge in [0.15, 0.2) is 0 Å². The van der Waals surface area contributed by atoms with Gasteiger partial charge in [0.1, 0.15) is 5.78 Å². The molecular formula is C15H16FeO2-6. The topological polar surface area (TPSA) is 34.1 Å². The zero-order chi connectivity index (χ0) is 12.8. The fourth-order valence-electron chi connectivity index (χ4n) is 1.51. The molecule has 0 amide bonds. The SMILES string of the molecule is CC(=O)[c-]1[cH-][cH-][cH-][c-]1C.CC(=O)[c-]1cccc1.[Fe]. The average molecular weight is 284 g/mol. The Morgan fingerprint density at radius 3 is 1.78 bits per heavy atom. The molecule has 0 spiro atoms. The van der Waals surface area contributed by atoms with E-state index in [-0.39, 0.29) is 28.6 Å². The van der Waals surface area contributed by atoms with Gasteiger partial charge in [-0.15, -0.1) is 6.92 Å². The van der Waals surface area contributed by atoms with Crippen molar-refractivity contribution in [3.8, 4) is 0 Å². The summed E-state index contributed by atoms with van der Waals surface area (Å²) in [4.78, 5) is 21.2. The zero-order valence-corrected chi connectivity index (χ0v) is 11.8. The third-order valence-corrected chi connectivity index (χ3v) is 2.48. The first-order chi connectivity index (χ1) is 8.02. The van der Waals surface area contributed by atoms with E-state index in [4.69, 9.17) is 0 Å². The largest absolute Gasteiger partial charge is 0.716 e. The van der Waals surface area contributed by atoms with Crippen molar-refractivity contribution in [3.05, 3.63) is 59.2 Å². The standard InChI is InChI=1S/C8H9O.C7H7O.Fe/c1-6-4-3-5-8(6)7(2)9;1-6(8)7-4-2-3-5-7;/h3-5H,1-2H3;2-5H,1H3;/q-5;-1;. The van der Waals surface area contributed by atoms with Crippen molar-refractivity contribution in [1.29, 1.82) is 0 Å². The van der Waals surface area contributed by atoms with Crippen LogP contribution in [0.5, 0.6) is 0 Å². The summed E-state index contributed by atoms with van der Waals surface area (Å²) < 4.78 is 0. The van der Waals surface area contributed by atoms with Gasteiger partial charge in [0.2, 0.25) is 0 Å². The maximum absolute atomic E-state index is 10.7. The van der Waals surface area contributed by atoms with Gasteiger partial charge in [-0.2, -0.15) is 19.1 Å². The van der Waals surface area contributed by atoms with E-state index in [0.717, 1.165) is 16.7 Å². The first-order valence-corrected chi connectivity index (χ1v) is 5.48. The third-order valence-electron chi connectivity index (χ3n) is 2.48. The summed E-state index contributed by atoms with van der Waals surface area (Å²) in [6.45, 7) is 5.09. The molecular weight excluding hydrogens is 268 g/mol. The number of ketones is 2. The second-order valence-corrected chi connectivity index (χ2v) is 3.91. The number of rotatable bonds is 2. The van der Waals surface area contributed by atoms with Crippen LogP contribution in [0.15, 0.2) is 42.5 Å². The van der Waals surface area contributed by atoms with Gasteiger partial charge in [-0.1, -0.05) is 5.56 Å². The molecule has 18 heavy (non-hydrogen) atoms. The predicted octanol–water partition coefficient (Wildman–Crippen LogP) is 3.52. The van der Waals surface area contributed by atoms with Crippen LogP contribution in [0.25, 0.3) is 0 Å². The summed E-state index contributed by atoms with van der Waals surface area (Å²) in [5.74, 6) is 0.285. The Balaban J connectivity index is 0.000000306. The fraction of sp³-hybridized carbons (Fsp3) is 0.200. The van der Waals surface area contributed by atoms with E-state index >= 15 is 0 Å². The van der Waals surface area contributed by atoms with Crippen LogP contribution >= 0.6 is 0 Å². The van der Waals surface area contributed by atoms with Gasteiger partial charge in [0.25, 0.3) is 0 Å². The quantitative estimate of drug-likeness (QED) is 0.480. The van der Waals surface area contributed by atoms with Crippen LogP contribution < -0.4 is 0 Å². The van der Waals surface area contributed by atoms with Crippen molar-refractivity contribution in [2.45, 2.75) is 20.8 Å². The van der Waals surface area contributed by atoms with Crippen LogP contribution in [-0.4, -0.2) is 11.6 Å². The van der Waals surface area contributed by atoms with Crippen molar-refractivity contribution in [1.82, 2.24) is 0 Å². The van der Waals surface area contributed by atoms with Crippen molar-refractivity contribution in [2.24, 2.45) is 0 Å². The Bertz CT molecular complexity index is 492. The molecule has 0 aromatic heterocycles. The normalized spacial score (nSPS) is 8.83. The molecule has 102 valence electrons. The minimum atomic E-state index is 0. The molecule has 0 radical (unpaired) electrons. The second kappa shape index (κ2) is 7.80. The van der Waals surface area contributed by atoms with Crippen LogP contribution in [0.4, 0.5) is 0 Å². The molecule has 0 saturated heterocycles. The Labute approximate surface area is 118 Å². The van der Waals surface area contributed by atoms with E-state index in [2.05, 4.69) is 0 Å². The van der Waals surface area contributed by atoms with Crippen LogP contribution in [0, 0.1) is 6.92 Å². The summed E-state index contributed by atoms with van der Waals surface area (Å²) in [5.41, 5.74) is 2.71. The Kier molecular flexibility index (Phi) is 7.18. The van der Waals surface area contributed by atoms with Crippen LogP contribution in [0.2, 0.25) is 0 Å². The Morgan fingerprint density at radius 2 is 1.56 bits per heavy atom. The molecule has 2 rings (SSSR count). The second-order valence-electron chi connectivity index (χ2n) is 3.91. The molecule has 0 N–H and O–H groups in total. The summed E-state index contributed by atoms with van der Waals surface area (Å²) >= 11 is 0.